The number of hydrogen-bond donors (Lipinski definition) is 1. The molecule has 9 heteroatoms. The van der Waals surface area contributed by atoms with Gasteiger partial charge in [-0.05, 0) is 42.0 Å². The zero-order valence-corrected chi connectivity index (χ0v) is 21.7. The molecule has 1 unspecified atom stereocenters. The number of para-hydroxylation sites is 2. The first-order chi connectivity index (χ1) is 18.4. The molecule has 0 saturated carbocycles. The Labute approximate surface area is 222 Å². The van der Waals surface area contributed by atoms with Gasteiger partial charge < -0.3 is 19.2 Å². The van der Waals surface area contributed by atoms with E-state index in [0.717, 1.165) is 15.9 Å². The van der Waals surface area contributed by atoms with Crippen molar-refractivity contribution in [3.63, 3.8) is 0 Å². The molecule has 0 saturated heterocycles. The van der Waals surface area contributed by atoms with Gasteiger partial charge in [0.2, 0.25) is 5.78 Å². The molecule has 8 nitrogen and oxygen atoms in total. The monoisotopic (exact) mass is 525 g/mol. The first-order valence-corrected chi connectivity index (χ1v) is 12.7. The fourth-order valence-electron chi connectivity index (χ4n) is 4.71. The van der Waals surface area contributed by atoms with Crippen molar-refractivity contribution in [2.24, 2.45) is 0 Å². The molecule has 5 aromatic rings. The van der Waals surface area contributed by atoms with Gasteiger partial charge in [0.1, 0.15) is 0 Å². The molecule has 6 rings (SSSR count). The van der Waals surface area contributed by atoms with Gasteiger partial charge in [0.25, 0.3) is 5.91 Å². The lowest BCUT2D eigenvalue weighted by molar-refractivity contribution is -0.117. The number of anilines is 2. The molecular weight excluding hydrogens is 502 g/mol. The van der Waals surface area contributed by atoms with Crippen LogP contribution >= 0.6 is 11.3 Å². The minimum atomic E-state index is -0.901. The van der Waals surface area contributed by atoms with E-state index in [1.807, 2.05) is 67.5 Å². The molecule has 1 amide bonds. The Balaban J connectivity index is 1.50. The summed E-state index contributed by atoms with van der Waals surface area (Å²) in [7, 11) is 5.38. The molecule has 0 bridgehead atoms. The Morgan fingerprint density at radius 2 is 1.84 bits per heavy atom. The Kier molecular flexibility index (Phi) is 5.65. The lowest BCUT2D eigenvalue weighted by Crippen LogP contribution is -2.31. The molecule has 2 aromatic heterocycles. The summed E-state index contributed by atoms with van der Waals surface area (Å²) in [5.41, 5.74) is 2.69. The summed E-state index contributed by atoms with van der Waals surface area (Å²) >= 11 is 1.32. The van der Waals surface area contributed by atoms with Crippen molar-refractivity contribution in [3.05, 3.63) is 95.5 Å². The van der Waals surface area contributed by atoms with Crippen molar-refractivity contribution < 1.29 is 23.8 Å². The van der Waals surface area contributed by atoms with E-state index in [0.29, 0.717) is 27.4 Å². The number of aliphatic hydroxyl groups excluding tert-OH is 1. The summed E-state index contributed by atoms with van der Waals surface area (Å²) in [4.78, 5) is 35.5. The largest absolute Gasteiger partial charge is 0.503 e. The third-order valence-corrected chi connectivity index (χ3v) is 7.65. The predicted molar refractivity (Wildman–Crippen MR) is 147 cm³/mol. The summed E-state index contributed by atoms with van der Waals surface area (Å²) in [5, 5.41) is 12.2. The Bertz CT molecular complexity index is 1720. The highest BCUT2D eigenvalue weighted by molar-refractivity contribution is 7.22. The maximum absolute atomic E-state index is 13.9. The van der Waals surface area contributed by atoms with Crippen LogP contribution in [0.15, 0.2) is 88.5 Å². The van der Waals surface area contributed by atoms with E-state index in [1.165, 1.54) is 23.3 Å². The zero-order chi connectivity index (χ0) is 26.6. The minimum Gasteiger partial charge on any atom is -0.503 e. The number of methoxy groups -OCH3 is 1. The van der Waals surface area contributed by atoms with Crippen molar-refractivity contribution in [3.8, 4) is 5.75 Å². The van der Waals surface area contributed by atoms with Crippen LogP contribution in [0.2, 0.25) is 0 Å². The number of amides is 1. The fraction of sp³-hybridized carbons (Fsp3) is 0.138. The van der Waals surface area contributed by atoms with Crippen molar-refractivity contribution in [1.82, 2.24) is 4.98 Å². The lowest BCUT2D eigenvalue weighted by atomic mass is 9.95. The van der Waals surface area contributed by atoms with Crippen LogP contribution in [0, 0.1) is 0 Å². The molecule has 3 aromatic carbocycles. The minimum absolute atomic E-state index is 0.0000819. The first kappa shape index (κ1) is 23.7. The molecule has 3 heterocycles. The Morgan fingerprint density at radius 3 is 2.55 bits per heavy atom. The number of hydrogen-bond acceptors (Lipinski definition) is 8. The number of ether oxygens (including phenoxy) is 1. The molecule has 1 aliphatic rings. The normalized spacial score (nSPS) is 15.6. The summed E-state index contributed by atoms with van der Waals surface area (Å²) in [6, 6.07) is 21.1. The third-order valence-electron chi connectivity index (χ3n) is 6.62. The number of benzene rings is 3. The van der Waals surface area contributed by atoms with Gasteiger partial charge in [-0.15, -0.1) is 0 Å². The van der Waals surface area contributed by atoms with E-state index in [-0.39, 0.29) is 11.3 Å². The third kappa shape index (κ3) is 3.71. The zero-order valence-electron chi connectivity index (χ0n) is 20.8. The molecular formula is C29H23N3O5S. The molecule has 190 valence electrons. The van der Waals surface area contributed by atoms with Gasteiger partial charge in [0, 0.05) is 25.2 Å². The van der Waals surface area contributed by atoms with E-state index in [9.17, 15) is 14.7 Å². The van der Waals surface area contributed by atoms with Crippen LogP contribution in [0.25, 0.3) is 21.2 Å². The van der Waals surface area contributed by atoms with Crippen LogP contribution in [0.3, 0.4) is 0 Å². The molecule has 0 fully saturated rings. The quantitative estimate of drug-likeness (QED) is 0.276. The number of furan rings is 1. The predicted octanol–water partition coefficient (Wildman–Crippen LogP) is 5.90. The Hall–Kier alpha value is -4.63. The average molecular weight is 526 g/mol. The second-order valence-electron chi connectivity index (χ2n) is 9.11. The standard InChI is InChI=1S/C29H23N3O5S/c1-31(2)18-13-11-16(12-14-18)24-23(25(33)21-15-17-7-6-9-20(36-3)27(17)37-21)26(34)28(35)32(24)29-30-19-8-4-5-10-22(19)38-29/h4-15,24,34H,1-3H3. The number of Topliss-reactive ketones (excluding diaryl/α,β-unsaturated/α-hetero) is 1. The summed E-state index contributed by atoms with van der Waals surface area (Å²) < 4.78 is 12.2. The molecule has 0 radical (unpaired) electrons. The van der Waals surface area contributed by atoms with E-state index >= 15 is 0 Å². The number of rotatable bonds is 6. The summed E-state index contributed by atoms with van der Waals surface area (Å²) in [6.07, 6.45) is 0. The molecule has 1 N–H and O–H groups in total. The highest BCUT2D eigenvalue weighted by Gasteiger charge is 2.46. The number of carbonyl (C=O) groups is 2. The van der Waals surface area contributed by atoms with Crippen LogP contribution in [0.4, 0.5) is 10.8 Å². The molecule has 1 aliphatic heterocycles. The van der Waals surface area contributed by atoms with Crippen LogP contribution in [-0.4, -0.2) is 43.0 Å². The van der Waals surface area contributed by atoms with Crippen LogP contribution in [-0.2, 0) is 4.79 Å². The maximum atomic E-state index is 13.9. The molecule has 38 heavy (non-hydrogen) atoms. The van der Waals surface area contributed by atoms with Crippen molar-refractivity contribution in [1.29, 1.82) is 0 Å². The summed E-state index contributed by atoms with van der Waals surface area (Å²) in [6.45, 7) is 0. The number of nitrogens with zero attached hydrogens (tertiary/aromatic N) is 3. The van der Waals surface area contributed by atoms with E-state index in [2.05, 4.69) is 4.98 Å². The maximum Gasteiger partial charge on any atom is 0.296 e. The van der Waals surface area contributed by atoms with Crippen LogP contribution in [0.5, 0.6) is 5.75 Å². The molecule has 0 aliphatic carbocycles. The van der Waals surface area contributed by atoms with Crippen molar-refractivity contribution in [2.45, 2.75) is 6.04 Å². The van der Waals surface area contributed by atoms with Crippen molar-refractivity contribution >= 4 is 55.0 Å². The van der Waals surface area contributed by atoms with Crippen molar-refractivity contribution in [2.75, 3.05) is 31.0 Å². The second-order valence-corrected chi connectivity index (χ2v) is 10.1. The van der Waals surface area contributed by atoms with Gasteiger partial charge in [-0.1, -0.05) is 47.7 Å². The number of ketones is 1. The SMILES string of the molecule is COc1cccc2cc(C(=O)C3=C(O)C(=O)N(c4nc5ccccc5s4)C3c3ccc(N(C)C)cc3)oc12. The second kappa shape index (κ2) is 9.04. The van der Waals surface area contributed by atoms with Gasteiger partial charge >= 0.3 is 0 Å². The molecule has 0 spiro atoms. The van der Waals surface area contributed by atoms with E-state index in [4.69, 9.17) is 9.15 Å². The average Bonchev–Trinajstić information content (AvgIpc) is 3.62. The van der Waals surface area contributed by atoms with Gasteiger partial charge in [0.05, 0.1) is 28.9 Å². The topological polar surface area (TPSA) is 96.1 Å². The highest BCUT2D eigenvalue weighted by Crippen LogP contribution is 2.45. The number of thiazole rings is 1. The van der Waals surface area contributed by atoms with Crippen LogP contribution < -0.4 is 14.5 Å². The number of aromatic nitrogens is 1. The fourth-order valence-corrected chi connectivity index (χ4v) is 5.70. The number of carbonyl (C=O) groups excluding carboxylic acids is 2. The van der Waals surface area contributed by atoms with Crippen LogP contribution in [0.1, 0.15) is 22.2 Å². The summed E-state index contributed by atoms with van der Waals surface area (Å²) in [5.74, 6) is -1.42. The number of aliphatic hydroxyl groups is 1. The van der Waals surface area contributed by atoms with Gasteiger partial charge in [-0.3, -0.25) is 14.5 Å². The first-order valence-electron chi connectivity index (χ1n) is 11.9. The Morgan fingerprint density at radius 1 is 1.08 bits per heavy atom. The smallest absolute Gasteiger partial charge is 0.296 e. The number of fused-ring (bicyclic) bond motifs is 2. The lowest BCUT2D eigenvalue weighted by Gasteiger charge is -2.25. The van der Waals surface area contributed by atoms with Gasteiger partial charge in [-0.2, -0.15) is 0 Å². The van der Waals surface area contributed by atoms with E-state index in [1.54, 1.807) is 24.3 Å². The van der Waals surface area contributed by atoms with Gasteiger partial charge in [-0.25, -0.2) is 4.98 Å². The molecule has 1 atom stereocenters. The van der Waals surface area contributed by atoms with Gasteiger partial charge in [0.15, 0.2) is 28.0 Å². The van der Waals surface area contributed by atoms with E-state index < -0.39 is 23.5 Å². The highest BCUT2D eigenvalue weighted by atomic mass is 32.1.